The molecule has 2 aliphatic rings. The summed E-state index contributed by atoms with van der Waals surface area (Å²) in [6, 6.07) is 0. The van der Waals surface area contributed by atoms with Gasteiger partial charge in [-0.1, -0.05) is 6.92 Å². The van der Waals surface area contributed by atoms with E-state index in [1.165, 1.54) is 54.1 Å². The van der Waals surface area contributed by atoms with Crippen molar-refractivity contribution in [1.82, 2.24) is 9.88 Å². The Kier molecular flexibility index (Phi) is 7.59. The van der Waals surface area contributed by atoms with Gasteiger partial charge in [-0.15, -0.1) is 35.3 Å². The van der Waals surface area contributed by atoms with Crippen molar-refractivity contribution in [1.29, 1.82) is 0 Å². The van der Waals surface area contributed by atoms with Gasteiger partial charge in [-0.05, 0) is 50.9 Å². The minimum absolute atomic E-state index is 0. The van der Waals surface area contributed by atoms with Crippen molar-refractivity contribution in [3.05, 3.63) is 15.6 Å². The molecule has 1 fully saturated rings. The van der Waals surface area contributed by atoms with E-state index >= 15 is 0 Å². The number of hydrogen-bond donors (Lipinski definition) is 1. The van der Waals surface area contributed by atoms with Crippen LogP contribution in [-0.2, 0) is 19.3 Å². The van der Waals surface area contributed by atoms with Crippen LogP contribution in [0.3, 0.4) is 0 Å². The van der Waals surface area contributed by atoms with E-state index in [9.17, 15) is 0 Å². The SMILES string of the molecule is CC1CCN(C(N)=NCCCc2nc3c(s2)CCCC3)CC1.I. The molecule has 1 saturated heterocycles. The highest BCUT2D eigenvalue weighted by Crippen LogP contribution is 2.27. The molecule has 0 spiro atoms. The molecule has 130 valence electrons. The molecular weight excluding hydrogens is 419 g/mol. The molecule has 0 amide bonds. The highest BCUT2D eigenvalue weighted by atomic mass is 127. The summed E-state index contributed by atoms with van der Waals surface area (Å²) in [7, 11) is 0. The van der Waals surface area contributed by atoms with Gasteiger partial charge in [0.25, 0.3) is 0 Å². The number of nitrogens with zero attached hydrogens (tertiary/aromatic N) is 3. The van der Waals surface area contributed by atoms with Gasteiger partial charge in [0.05, 0.1) is 10.7 Å². The first-order chi connectivity index (χ1) is 10.7. The number of aromatic nitrogens is 1. The van der Waals surface area contributed by atoms with E-state index in [1.807, 2.05) is 11.3 Å². The summed E-state index contributed by atoms with van der Waals surface area (Å²) in [5.41, 5.74) is 7.49. The van der Waals surface area contributed by atoms with Crippen LogP contribution in [0.5, 0.6) is 0 Å². The second-order valence-corrected chi connectivity index (χ2v) is 7.87. The van der Waals surface area contributed by atoms with Crippen LogP contribution >= 0.6 is 35.3 Å². The van der Waals surface area contributed by atoms with E-state index in [2.05, 4.69) is 16.8 Å². The van der Waals surface area contributed by atoms with Gasteiger partial charge in [0.15, 0.2) is 5.96 Å². The van der Waals surface area contributed by atoms with E-state index in [1.54, 1.807) is 0 Å². The third-order valence-corrected chi connectivity index (χ3v) is 6.04. The van der Waals surface area contributed by atoms with E-state index < -0.39 is 0 Å². The summed E-state index contributed by atoms with van der Waals surface area (Å²) in [6.07, 6.45) is 9.65. The molecule has 0 bridgehead atoms. The molecule has 1 aromatic heterocycles. The molecule has 1 aromatic rings. The smallest absolute Gasteiger partial charge is 0.191 e. The summed E-state index contributed by atoms with van der Waals surface area (Å²) in [5, 5.41) is 1.30. The first-order valence-electron chi connectivity index (χ1n) is 8.74. The van der Waals surface area contributed by atoms with Crippen LogP contribution in [0.25, 0.3) is 0 Å². The first kappa shape index (κ1) is 19.0. The standard InChI is InChI=1S/C17H28N4S.HI/c1-13-8-11-21(12-9-13)17(18)19-10-4-7-16-20-14-5-2-3-6-15(14)22-16;/h13H,2-12H2,1H3,(H2,18,19);1H. The Morgan fingerprint density at radius 2 is 2.04 bits per heavy atom. The number of hydrogen-bond acceptors (Lipinski definition) is 3. The Balaban J connectivity index is 0.00000192. The lowest BCUT2D eigenvalue weighted by Crippen LogP contribution is -2.42. The third-order valence-electron chi connectivity index (χ3n) is 4.82. The average molecular weight is 448 g/mol. The predicted molar refractivity (Wildman–Crippen MR) is 109 cm³/mol. The summed E-state index contributed by atoms with van der Waals surface area (Å²) >= 11 is 1.92. The lowest BCUT2D eigenvalue weighted by atomic mass is 10.00. The molecule has 0 aromatic carbocycles. The lowest BCUT2D eigenvalue weighted by molar-refractivity contribution is 0.277. The largest absolute Gasteiger partial charge is 0.370 e. The van der Waals surface area contributed by atoms with Crippen LogP contribution in [0, 0.1) is 5.92 Å². The average Bonchev–Trinajstić information content (AvgIpc) is 2.95. The van der Waals surface area contributed by atoms with Gasteiger partial charge in [-0.2, -0.15) is 0 Å². The fraction of sp³-hybridized carbons (Fsp3) is 0.765. The molecule has 0 unspecified atom stereocenters. The molecule has 0 radical (unpaired) electrons. The Hall–Kier alpha value is -0.370. The van der Waals surface area contributed by atoms with Crippen molar-refractivity contribution < 1.29 is 0 Å². The Morgan fingerprint density at radius 3 is 2.78 bits per heavy atom. The summed E-state index contributed by atoms with van der Waals surface area (Å²) in [6.45, 7) is 5.27. The zero-order valence-electron chi connectivity index (χ0n) is 14.1. The minimum atomic E-state index is 0. The number of nitrogens with two attached hydrogens (primary N) is 1. The number of guanidine groups is 1. The van der Waals surface area contributed by atoms with Crippen molar-refractivity contribution in [3.63, 3.8) is 0 Å². The first-order valence-corrected chi connectivity index (χ1v) is 9.56. The Labute approximate surface area is 161 Å². The third kappa shape index (κ3) is 5.31. The molecule has 3 rings (SSSR count). The molecular formula is C17H29IN4S. The van der Waals surface area contributed by atoms with E-state index in [0.29, 0.717) is 0 Å². The van der Waals surface area contributed by atoms with Crippen LogP contribution in [0.15, 0.2) is 4.99 Å². The van der Waals surface area contributed by atoms with Crippen molar-refractivity contribution in [2.75, 3.05) is 19.6 Å². The van der Waals surface area contributed by atoms with Crippen LogP contribution in [0.4, 0.5) is 0 Å². The van der Waals surface area contributed by atoms with Crippen molar-refractivity contribution >= 4 is 41.3 Å². The molecule has 6 heteroatoms. The maximum absolute atomic E-state index is 6.12. The predicted octanol–water partition coefficient (Wildman–Crippen LogP) is 3.62. The minimum Gasteiger partial charge on any atom is -0.370 e. The van der Waals surface area contributed by atoms with E-state index in [4.69, 9.17) is 10.7 Å². The summed E-state index contributed by atoms with van der Waals surface area (Å²) in [4.78, 5) is 13.1. The molecule has 23 heavy (non-hydrogen) atoms. The monoisotopic (exact) mass is 448 g/mol. The fourth-order valence-electron chi connectivity index (χ4n) is 3.27. The number of likely N-dealkylation sites (tertiary alicyclic amines) is 1. The molecule has 1 aliphatic carbocycles. The van der Waals surface area contributed by atoms with Gasteiger partial charge < -0.3 is 10.6 Å². The second kappa shape index (κ2) is 9.20. The van der Waals surface area contributed by atoms with Gasteiger partial charge in [-0.3, -0.25) is 4.99 Å². The van der Waals surface area contributed by atoms with E-state index in [0.717, 1.165) is 44.4 Å². The van der Waals surface area contributed by atoms with Gasteiger partial charge in [0.1, 0.15) is 0 Å². The van der Waals surface area contributed by atoms with Crippen molar-refractivity contribution in [3.8, 4) is 0 Å². The van der Waals surface area contributed by atoms with Gasteiger partial charge >= 0.3 is 0 Å². The highest BCUT2D eigenvalue weighted by Gasteiger charge is 2.17. The molecule has 4 nitrogen and oxygen atoms in total. The zero-order chi connectivity index (χ0) is 15.4. The summed E-state index contributed by atoms with van der Waals surface area (Å²) in [5.74, 6) is 1.57. The van der Waals surface area contributed by atoms with Crippen LogP contribution in [0.2, 0.25) is 0 Å². The number of halogens is 1. The molecule has 1 aliphatic heterocycles. The highest BCUT2D eigenvalue weighted by molar-refractivity contribution is 14.0. The van der Waals surface area contributed by atoms with Crippen molar-refractivity contribution in [2.24, 2.45) is 16.6 Å². The lowest BCUT2D eigenvalue weighted by Gasteiger charge is -2.31. The van der Waals surface area contributed by atoms with Crippen LogP contribution in [0.1, 0.15) is 54.6 Å². The second-order valence-electron chi connectivity index (χ2n) is 6.70. The number of piperidine rings is 1. The topological polar surface area (TPSA) is 54.5 Å². The molecule has 0 atom stereocenters. The normalized spacial score (nSPS) is 19.3. The molecule has 2 N–H and O–H groups in total. The number of rotatable bonds is 4. The van der Waals surface area contributed by atoms with Crippen LogP contribution in [-0.4, -0.2) is 35.5 Å². The summed E-state index contributed by atoms with van der Waals surface area (Å²) < 4.78 is 0. The maximum Gasteiger partial charge on any atom is 0.191 e. The van der Waals surface area contributed by atoms with Gasteiger partial charge in [0, 0.05) is 30.9 Å². The number of thiazole rings is 1. The van der Waals surface area contributed by atoms with E-state index in [-0.39, 0.29) is 24.0 Å². The molecule has 2 heterocycles. The zero-order valence-corrected chi connectivity index (χ0v) is 17.2. The Bertz CT molecular complexity index is 497. The number of aryl methyl sites for hydroxylation is 3. The van der Waals surface area contributed by atoms with Gasteiger partial charge in [-0.25, -0.2) is 4.98 Å². The maximum atomic E-state index is 6.12. The van der Waals surface area contributed by atoms with Crippen LogP contribution < -0.4 is 5.73 Å². The quantitative estimate of drug-likeness (QED) is 0.331. The Morgan fingerprint density at radius 1 is 1.30 bits per heavy atom. The van der Waals surface area contributed by atoms with Crippen molar-refractivity contribution in [2.45, 2.75) is 58.3 Å². The molecule has 0 saturated carbocycles. The number of aliphatic imine (C=N–C) groups is 1. The van der Waals surface area contributed by atoms with Gasteiger partial charge in [0.2, 0.25) is 0 Å². The fourth-order valence-corrected chi connectivity index (χ4v) is 4.47. The number of fused-ring (bicyclic) bond motifs is 1.